The van der Waals surface area contributed by atoms with Gasteiger partial charge in [-0.05, 0) is 43.0 Å². The maximum Gasteiger partial charge on any atom is 0.129 e. The van der Waals surface area contributed by atoms with Gasteiger partial charge in [-0.25, -0.2) is 4.39 Å². The molecule has 1 aliphatic heterocycles. The van der Waals surface area contributed by atoms with E-state index in [9.17, 15) is 4.39 Å². The van der Waals surface area contributed by atoms with Gasteiger partial charge in [-0.1, -0.05) is 6.07 Å². The van der Waals surface area contributed by atoms with Crippen molar-refractivity contribution in [1.82, 2.24) is 4.90 Å². The maximum atomic E-state index is 14.0. The Bertz CT molecular complexity index is 411. The standard InChI is InChI=1S/C14H20FNO/c1-10-8-13(12(3)14(15)11(10)2)9-16-4-6-17-7-5-16/h8H,4-7,9H2,1-3H3. The molecule has 94 valence electrons. The molecule has 0 atom stereocenters. The lowest BCUT2D eigenvalue weighted by molar-refractivity contribution is 0.0340. The third-order valence-electron chi connectivity index (χ3n) is 3.62. The van der Waals surface area contributed by atoms with Gasteiger partial charge in [0.25, 0.3) is 0 Å². The van der Waals surface area contributed by atoms with E-state index in [4.69, 9.17) is 4.74 Å². The normalized spacial score (nSPS) is 17.4. The first-order valence-corrected chi connectivity index (χ1v) is 6.15. The number of ether oxygens (including phenoxy) is 1. The number of hydrogen-bond acceptors (Lipinski definition) is 2. The Morgan fingerprint density at radius 1 is 1.18 bits per heavy atom. The lowest BCUT2D eigenvalue weighted by Gasteiger charge is -2.27. The molecule has 0 aliphatic carbocycles. The topological polar surface area (TPSA) is 12.5 Å². The number of rotatable bonds is 2. The highest BCUT2D eigenvalue weighted by Crippen LogP contribution is 2.21. The quantitative estimate of drug-likeness (QED) is 0.784. The van der Waals surface area contributed by atoms with Gasteiger partial charge in [0, 0.05) is 19.6 Å². The Kier molecular flexibility index (Phi) is 3.79. The monoisotopic (exact) mass is 237 g/mol. The van der Waals surface area contributed by atoms with E-state index in [1.807, 2.05) is 20.8 Å². The number of benzene rings is 1. The molecule has 1 aromatic rings. The van der Waals surface area contributed by atoms with E-state index in [0.717, 1.165) is 55.1 Å². The third-order valence-corrected chi connectivity index (χ3v) is 3.62. The molecule has 0 N–H and O–H groups in total. The highest BCUT2D eigenvalue weighted by Gasteiger charge is 2.15. The van der Waals surface area contributed by atoms with Crippen molar-refractivity contribution in [3.05, 3.63) is 34.1 Å². The summed E-state index contributed by atoms with van der Waals surface area (Å²) in [6.45, 7) is 9.96. The zero-order chi connectivity index (χ0) is 12.4. The molecule has 0 spiro atoms. The highest BCUT2D eigenvalue weighted by molar-refractivity contribution is 5.38. The van der Waals surface area contributed by atoms with Gasteiger partial charge in [0.1, 0.15) is 5.82 Å². The Labute approximate surface area is 102 Å². The fraction of sp³-hybridized carbons (Fsp3) is 0.571. The van der Waals surface area contributed by atoms with Crippen LogP contribution in [0.3, 0.4) is 0 Å². The van der Waals surface area contributed by atoms with Crippen LogP contribution in [-0.4, -0.2) is 31.2 Å². The lowest BCUT2D eigenvalue weighted by Crippen LogP contribution is -2.35. The molecule has 2 nitrogen and oxygen atoms in total. The van der Waals surface area contributed by atoms with Gasteiger partial charge < -0.3 is 4.74 Å². The van der Waals surface area contributed by atoms with Gasteiger partial charge in [-0.15, -0.1) is 0 Å². The molecular weight excluding hydrogens is 217 g/mol. The van der Waals surface area contributed by atoms with Crippen LogP contribution in [0, 0.1) is 26.6 Å². The number of hydrogen-bond donors (Lipinski definition) is 0. The first kappa shape index (κ1) is 12.5. The summed E-state index contributed by atoms with van der Waals surface area (Å²) in [5.74, 6) is -0.0479. The summed E-state index contributed by atoms with van der Waals surface area (Å²) in [7, 11) is 0. The second kappa shape index (κ2) is 5.15. The minimum absolute atomic E-state index is 0.0479. The fourth-order valence-corrected chi connectivity index (χ4v) is 2.24. The van der Waals surface area contributed by atoms with Gasteiger partial charge in [-0.2, -0.15) is 0 Å². The van der Waals surface area contributed by atoms with Crippen molar-refractivity contribution in [2.75, 3.05) is 26.3 Å². The molecule has 0 aromatic heterocycles. The molecule has 3 heteroatoms. The summed E-state index contributed by atoms with van der Waals surface area (Å²) < 4.78 is 19.3. The van der Waals surface area contributed by atoms with E-state index in [1.165, 1.54) is 0 Å². The summed E-state index contributed by atoms with van der Waals surface area (Å²) in [5.41, 5.74) is 3.71. The average Bonchev–Trinajstić information content (AvgIpc) is 2.35. The summed E-state index contributed by atoms with van der Waals surface area (Å²) in [6.07, 6.45) is 0. The van der Waals surface area contributed by atoms with Crippen molar-refractivity contribution in [3.8, 4) is 0 Å². The van der Waals surface area contributed by atoms with Gasteiger partial charge in [0.05, 0.1) is 13.2 Å². The van der Waals surface area contributed by atoms with E-state index in [-0.39, 0.29) is 5.82 Å². The number of halogens is 1. The molecule has 17 heavy (non-hydrogen) atoms. The maximum absolute atomic E-state index is 14.0. The van der Waals surface area contributed by atoms with Crippen LogP contribution in [0.1, 0.15) is 22.3 Å². The van der Waals surface area contributed by atoms with Crippen LogP contribution >= 0.6 is 0 Å². The summed E-state index contributed by atoms with van der Waals surface area (Å²) in [4.78, 5) is 2.32. The van der Waals surface area contributed by atoms with E-state index >= 15 is 0 Å². The van der Waals surface area contributed by atoms with Gasteiger partial charge in [0.2, 0.25) is 0 Å². The van der Waals surface area contributed by atoms with Crippen molar-refractivity contribution < 1.29 is 9.13 Å². The van der Waals surface area contributed by atoms with Crippen LogP contribution in [0.5, 0.6) is 0 Å². The Morgan fingerprint density at radius 3 is 2.47 bits per heavy atom. The molecule has 0 unspecified atom stereocenters. The largest absolute Gasteiger partial charge is 0.379 e. The Morgan fingerprint density at radius 2 is 1.82 bits per heavy atom. The van der Waals surface area contributed by atoms with Gasteiger partial charge >= 0.3 is 0 Å². The predicted octanol–water partition coefficient (Wildman–Crippen LogP) is 2.58. The van der Waals surface area contributed by atoms with E-state index in [0.29, 0.717) is 0 Å². The van der Waals surface area contributed by atoms with Crippen LogP contribution in [-0.2, 0) is 11.3 Å². The fourth-order valence-electron chi connectivity index (χ4n) is 2.24. The van der Waals surface area contributed by atoms with Gasteiger partial charge in [-0.3, -0.25) is 4.90 Å². The van der Waals surface area contributed by atoms with Crippen LogP contribution < -0.4 is 0 Å². The molecule has 1 saturated heterocycles. The summed E-state index contributed by atoms with van der Waals surface area (Å²) in [5, 5.41) is 0. The molecule has 1 aliphatic rings. The van der Waals surface area contributed by atoms with Crippen molar-refractivity contribution in [2.24, 2.45) is 0 Å². The van der Waals surface area contributed by atoms with E-state index in [1.54, 1.807) is 0 Å². The molecule has 1 fully saturated rings. The van der Waals surface area contributed by atoms with Crippen LogP contribution in [0.4, 0.5) is 4.39 Å². The number of aryl methyl sites for hydroxylation is 1. The highest BCUT2D eigenvalue weighted by atomic mass is 19.1. The number of nitrogens with zero attached hydrogens (tertiary/aromatic N) is 1. The molecule has 0 saturated carbocycles. The second-order valence-electron chi connectivity index (χ2n) is 4.81. The molecule has 1 heterocycles. The molecule has 1 aromatic carbocycles. The first-order valence-electron chi connectivity index (χ1n) is 6.15. The Hall–Kier alpha value is -0.930. The van der Waals surface area contributed by atoms with Crippen LogP contribution in [0.2, 0.25) is 0 Å². The van der Waals surface area contributed by atoms with E-state index < -0.39 is 0 Å². The first-order chi connectivity index (χ1) is 8.09. The molecular formula is C14H20FNO. The Balaban J connectivity index is 2.20. The van der Waals surface area contributed by atoms with Crippen molar-refractivity contribution in [1.29, 1.82) is 0 Å². The van der Waals surface area contributed by atoms with Crippen molar-refractivity contribution in [3.63, 3.8) is 0 Å². The minimum Gasteiger partial charge on any atom is -0.379 e. The van der Waals surface area contributed by atoms with Gasteiger partial charge in [0.15, 0.2) is 0 Å². The molecule has 2 rings (SSSR count). The third kappa shape index (κ3) is 2.67. The molecule has 0 radical (unpaired) electrons. The lowest BCUT2D eigenvalue weighted by atomic mass is 9.99. The van der Waals surface area contributed by atoms with Crippen LogP contribution in [0.25, 0.3) is 0 Å². The van der Waals surface area contributed by atoms with Crippen molar-refractivity contribution >= 4 is 0 Å². The van der Waals surface area contributed by atoms with Crippen LogP contribution in [0.15, 0.2) is 6.07 Å². The molecule has 0 amide bonds. The zero-order valence-corrected chi connectivity index (χ0v) is 10.8. The zero-order valence-electron chi connectivity index (χ0n) is 10.8. The smallest absolute Gasteiger partial charge is 0.129 e. The number of morpholine rings is 1. The second-order valence-corrected chi connectivity index (χ2v) is 4.81. The van der Waals surface area contributed by atoms with Crippen molar-refractivity contribution in [2.45, 2.75) is 27.3 Å². The summed E-state index contributed by atoms with van der Waals surface area (Å²) >= 11 is 0. The predicted molar refractivity (Wildman–Crippen MR) is 66.7 cm³/mol. The summed E-state index contributed by atoms with van der Waals surface area (Å²) in [6, 6.07) is 2.11. The minimum atomic E-state index is -0.0479. The molecule has 0 bridgehead atoms. The van der Waals surface area contributed by atoms with E-state index in [2.05, 4.69) is 11.0 Å². The SMILES string of the molecule is Cc1cc(CN2CCOCC2)c(C)c(F)c1C. The average molecular weight is 237 g/mol.